The van der Waals surface area contributed by atoms with E-state index in [0.29, 0.717) is 3.95 Å². The highest BCUT2D eigenvalue weighted by molar-refractivity contribution is 7.79. The first-order valence-corrected chi connectivity index (χ1v) is 5.99. The predicted octanol–water partition coefficient (Wildman–Crippen LogP) is 2.55. The van der Waals surface area contributed by atoms with Gasteiger partial charge in [-0.15, -0.1) is 0 Å². The Kier molecular flexibility index (Phi) is 3.77. The zero-order chi connectivity index (χ0) is 8.97. The molecule has 1 rings (SSSR count). The van der Waals surface area contributed by atoms with E-state index >= 15 is 0 Å². The molecule has 1 aromatic rings. The summed E-state index contributed by atoms with van der Waals surface area (Å²) in [4.78, 5) is 10.2. The lowest BCUT2D eigenvalue weighted by molar-refractivity contribution is 0.552. The van der Waals surface area contributed by atoms with Gasteiger partial charge in [0.25, 0.3) is 0 Å². The highest BCUT2D eigenvalue weighted by Gasteiger charge is 1.92. The quantitative estimate of drug-likeness (QED) is 0.338. The van der Waals surface area contributed by atoms with Crippen LogP contribution in [0.2, 0.25) is 0 Å². The van der Waals surface area contributed by atoms with Crippen LogP contribution in [0, 0.1) is 3.95 Å². The molecule has 0 unspecified atom stereocenters. The van der Waals surface area contributed by atoms with Crippen LogP contribution in [-0.4, -0.2) is 29.8 Å². The predicted molar refractivity (Wildman–Crippen MR) is 57.3 cm³/mol. The van der Waals surface area contributed by atoms with Crippen molar-refractivity contribution in [2.75, 3.05) is 13.6 Å². The molecule has 0 saturated heterocycles. The van der Waals surface area contributed by atoms with E-state index in [2.05, 4.69) is 16.9 Å². The molecule has 0 atom stereocenters. The minimum atomic E-state index is 0.659. The van der Waals surface area contributed by atoms with Gasteiger partial charge in [-0.3, -0.25) is 0 Å². The van der Waals surface area contributed by atoms with Crippen LogP contribution in [0.3, 0.4) is 0 Å². The molecule has 1 aromatic heterocycles. The molecular weight excluding hydrogens is 210 g/mol. The Labute approximate surface area is 83.8 Å². The van der Waals surface area contributed by atoms with Crippen molar-refractivity contribution in [2.45, 2.75) is 6.92 Å². The summed E-state index contributed by atoms with van der Waals surface area (Å²) in [5, 5.41) is 0.741. The lowest BCUT2D eigenvalue weighted by Crippen LogP contribution is -2.14. The molecule has 0 amide bonds. The van der Waals surface area contributed by atoms with Crippen molar-refractivity contribution in [1.82, 2.24) is 9.88 Å². The molecule has 6 heteroatoms. The van der Waals surface area contributed by atoms with E-state index in [9.17, 15) is 0 Å². The van der Waals surface area contributed by atoms with Crippen LogP contribution in [0.1, 0.15) is 6.92 Å². The molecule has 0 radical (unpaired) electrons. The average molecular weight is 219 g/mol. The second kappa shape index (κ2) is 4.64. The summed E-state index contributed by atoms with van der Waals surface area (Å²) in [7, 11) is 4.95. The van der Waals surface area contributed by atoms with Gasteiger partial charge in [0.1, 0.15) is 0 Å². The number of nitrogens with zero attached hydrogens (tertiary/aromatic N) is 3. The van der Waals surface area contributed by atoms with Crippen molar-refractivity contribution in [3.05, 3.63) is 3.95 Å². The summed E-state index contributed by atoms with van der Waals surface area (Å²) in [5.74, 6) is 0. The maximum absolute atomic E-state index is 4.87. The Morgan fingerprint density at radius 2 is 2.42 bits per heavy atom. The molecule has 0 fully saturated rings. The first-order chi connectivity index (χ1) is 5.72. The van der Waals surface area contributed by atoms with E-state index in [1.54, 1.807) is 6.34 Å². The summed E-state index contributed by atoms with van der Waals surface area (Å²) >= 11 is 4.87. The van der Waals surface area contributed by atoms with Crippen LogP contribution in [0.25, 0.3) is 0 Å². The molecule has 3 nitrogen and oxygen atoms in total. The van der Waals surface area contributed by atoms with Gasteiger partial charge in [0.2, 0.25) is 5.13 Å². The SMILES string of the molecule is CCN(C)/C=N/c1nc(=S)ss1. The van der Waals surface area contributed by atoms with Crippen molar-refractivity contribution in [3.8, 4) is 0 Å². The fourth-order valence-electron chi connectivity index (χ4n) is 0.468. The van der Waals surface area contributed by atoms with E-state index in [1.807, 2.05) is 11.9 Å². The third-order valence-electron chi connectivity index (χ3n) is 1.24. The van der Waals surface area contributed by atoms with Gasteiger partial charge in [-0.25, -0.2) is 4.99 Å². The molecule has 0 spiro atoms. The first kappa shape index (κ1) is 9.76. The zero-order valence-corrected chi connectivity index (χ0v) is 9.30. The van der Waals surface area contributed by atoms with Crippen molar-refractivity contribution < 1.29 is 0 Å². The number of rotatable bonds is 3. The highest BCUT2D eigenvalue weighted by Crippen LogP contribution is 2.21. The minimum absolute atomic E-state index is 0.659. The molecule has 12 heavy (non-hydrogen) atoms. The number of aromatic nitrogens is 1. The third kappa shape index (κ3) is 2.96. The van der Waals surface area contributed by atoms with E-state index < -0.39 is 0 Å². The Morgan fingerprint density at radius 1 is 1.67 bits per heavy atom. The minimum Gasteiger partial charge on any atom is -0.366 e. The van der Waals surface area contributed by atoms with Gasteiger partial charge in [0.15, 0.2) is 3.95 Å². The van der Waals surface area contributed by atoms with Gasteiger partial charge >= 0.3 is 0 Å². The van der Waals surface area contributed by atoms with Crippen molar-refractivity contribution in [2.24, 2.45) is 4.99 Å². The van der Waals surface area contributed by atoms with Crippen molar-refractivity contribution in [3.63, 3.8) is 0 Å². The summed E-state index contributed by atoms with van der Waals surface area (Å²) in [6.07, 6.45) is 1.76. The van der Waals surface area contributed by atoms with Gasteiger partial charge in [0.05, 0.1) is 6.34 Å². The third-order valence-corrected chi connectivity index (χ3v) is 3.73. The van der Waals surface area contributed by atoms with Gasteiger partial charge in [-0.1, -0.05) is 0 Å². The standard InChI is InChI=1S/C6H9N3S3/c1-3-9(2)4-7-5-8-6(10)12-11-5/h4H,3H2,1-2H3/b7-4+. The monoisotopic (exact) mass is 219 g/mol. The second-order valence-corrected chi connectivity index (χ2v) is 4.88. The maximum atomic E-state index is 4.87. The Balaban J connectivity index is 2.63. The molecule has 0 saturated carbocycles. The molecule has 0 aliphatic rings. The maximum Gasteiger partial charge on any atom is 0.222 e. The molecule has 0 aromatic carbocycles. The smallest absolute Gasteiger partial charge is 0.222 e. The Morgan fingerprint density at radius 3 is 2.92 bits per heavy atom. The highest BCUT2D eigenvalue weighted by atomic mass is 32.9. The summed E-state index contributed by atoms with van der Waals surface area (Å²) < 4.78 is 0.659. The lowest BCUT2D eigenvalue weighted by Gasteiger charge is -2.06. The topological polar surface area (TPSA) is 28.5 Å². The van der Waals surface area contributed by atoms with E-state index in [-0.39, 0.29) is 0 Å². The molecule has 66 valence electrons. The molecule has 0 bridgehead atoms. The van der Waals surface area contributed by atoms with Crippen LogP contribution in [0.5, 0.6) is 0 Å². The van der Waals surface area contributed by atoms with Crippen LogP contribution < -0.4 is 0 Å². The normalized spacial score (nSPS) is 10.8. The van der Waals surface area contributed by atoms with Crippen molar-refractivity contribution >= 4 is 44.4 Å². The average Bonchev–Trinajstić information content (AvgIpc) is 2.47. The zero-order valence-electron chi connectivity index (χ0n) is 6.85. The number of hydrogen-bond acceptors (Lipinski definition) is 5. The van der Waals surface area contributed by atoms with E-state index in [0.717, 1.165) is 11.7 Å². The van der Waals surface area contributed by atoms with Crippen LogP contribution in [0.15, 0.2) is 4.99 Å². The number of aliphatic imine (C=N–C) groups is 1. The summed E-state index contributed by atoms with van der Waals surface area (Å²) in [6.45, 7) is 3.01. The van der Waals surface area contributed by atoms with Crippen LogP contribution in [0.4, 0.5) is 5.13 Å². The van der Waals surface area contributed by atoms with Gasteiger partial charge in [-0.2, -0.15) is 4.98 Å². The molecule has 0 aliphatic heterocycles. The summed E-state index contributed by atoms with van der Waals surface area (Å²) in [6, 6.07) is 0. The van der Waals surface area contributed by atoms with E-state index in [4.69, 9.17) is 12.2 Å². The molecule has 1 heterocycles. The van der Waals surface area contributed by atoms with Crippen LogP contribution >= 0.6 is 32.9 Å². The lowest BCUT2D eigenvalue weighted by atomic mass is 10.7. The van der Waals surface area contributed by atoms with Gasteiger partial charge < -0.3 is 4.90 Å². The first-order valence-electron chi connectivity index (χ1n) is 3.44. The van der Waals surface area contributed by atoms with E-state index in [1.165, 1.54) is 20.7 Å². The van der Waals surface area contributed by atoms with Crippen LogP contribution in [-0.2, 0) is 0 Å². The van der Waals surface area contributed by atoms with Crippen molar-refractivity contribution in [1.29, 1.82) is 0 Å². The molecule has 0 aliphatic carbocycles. The molecular formula is C6H9N3S3. The fourth-order valence-corrected chi connectivity index (χ4v) is 2.25. The second-order valence-electron chi connectivity index (χ2n) is 2.14. The Hall–Kier alpha value is -0.330. The Bertz CT molecular complexity index is 314. The largest absolute Gasteiger partial charge is 0.366 e. The van der Waals surface area contributed by atoms with Gasteiger partial charge in [-0.05, 0) is 39.8 Å². The summed E-state index contributed by atoms with van der Waals surface area (Å²) in [5.41, 5.74) is 0. The fraction of sp³-hybridized carbons (Fsp3) is 0.500. The molecule has 0 N–H and O–H groups in total. The number of hydrogen-bond donors (Lipinski definition) is 0. The van der Waals surface area contributed by atoms with Gasteiger partial charge in [0, 0.05) is 13.6 Å².